The number of benzene rings is 2. The monoisotopic (exact) mass is 319 g/mol. The van der Waals surface area contributed by atoms with Crippen molar-refractivity contribution in [3.63, 3.8) is 0 Å². The lowest BCUT2D eigenvalue weighted by atomic mass is 10.2. The zero-order valence-electron chi connectivity index (χ0n) is 12.5. The van der Waals surface area contributed by atoms with E-state index in [1.165, 1.54) is 24.3 Å². The average molecular weight is 319 g/mol. The van der Waals surface area contributed by atoms with Crippen LogP contribution in [0.4, 0.5) is 10.1 Å². The Labute approximate surface area is 133 Å². The van der Waals surface area contributed by atoms with Gasteiger partial charge in [-0.25, -0.2) is 4.39 Å². The molecule has 0 fully saturated rings. The van der Waals surface area contributed by atoms with Gasteiger partial charge in [0.15, 0.2) is 6.10 Å². The molecule has 116 valence electrons. The Morgan fingerprint density at radius 3 is 2.55 bits per heavy atom. The second-order valence-corrected chi connectivity index (χ2v) is 5.51. The molecule has 0 spiro atoms. The molecule has 2 aromatic rings. The standard InChI is InChI=1S/C17H18FNO2S/c1-3-15(21-13-10-8-12(18)9-11-13)17(20)19-14-6-4-5-7-16(14)22-2/h4-11,15H,3H2,1-2H3,(H,19,20)/t15-/m1/s1. The van der Waals surface area contributed by atoms with E-state index >= 15 is 0 Å². The molecule has 0 aliphatic rings. The van der Waals surface area contributed by atoms with Crippen LogP contribution in [0.1, 0.15) is 13.3 Å². The van der Waals surface area contributed by atoms with E-state index in [2.05, 4.69) is 5.32 Å². The number of hydrogen-bond acceptors (Lipinski definition) is 3. The Kier molecular flexibility index (Phi) is 5.83. The summed E-state index contributed by atoms with van der Waals surface area (Å²) in [6.45, 7) is 1.87. The highest BCUT2D eigenvalue weighted by Gasteiger charge is 2.19. The van der Waals surface area contributed by atoms with Gasteiger partial charge in [0.05, 0.1) is 5.69 Å². The van der Waals surface area contributed by atoms with Crippen molar-refractivity contribution < 1.29 is 13.9 Å². The fourth-order valence-electron chi connectivity index (χ4n) is 1.96. The lowest BCUT2D eigenvalue weighted by molar-refractivity contribution is -0.122. The van der Waals surface area contributed by atoms with Gasteiger partial charge in [-0.15, -0.1) is 11.8 Å². The lowest BCUT2D eigenvalue weighted by Crippen LogP contribution is -2.32. The molecule has 1 atom stereocenters. The van der Waals surface area contributed by atoms with Crippen LogP contribution in [0.25, 0.3) is 0 Å². The molecule has 0 aliphatic heterocycles. The van der Waals surface area contributed by atoms with Gasteiger partial charge in [-0.3, -0.25) is 4.79 Å². The number of para-hydroxylation sites is 1. The maximum Gasteiger partial charge on any atom is 0.265 e. The number of rotatable bonds is 6. The van der Waals surface area contributed by atoms with Gasteiger partial charge in [-0.05, 0) is 49.1 Å². The fourth-order valence-corrected chi connectivity index (χ4v) is 2.51. The van der Waals surface area contributed by atoms with Crippen LogP contribution < -0.4 is 10.1 Å². The van der Waals surface area contributed by atoms with E-state index in [-0.39, 0.29) is 11.7 Å². The van der Waals surface area contributed by atoms with E-state index in [1.54, 1.807) is 11.8 Å². The van der Waals surface area contributed by atoms with Crippen molar-refractivity contribution in [3.05, 3.63) is 54.3 Å². The number of carbonyl (C=O) groups excluding carboxylic acids is 1. The normalized spacial score (nSPS) is 11.8. The number of halogens is 1. The highest BCUT2D eigenvalue weighted by atomic mass is 32.2. The third-order valence-corrected chi connectivity index (χ3v) is 3.92. The van der Waals surface area contributed by atoms with Crippen LogP contribution >= 0.6 is 11.8 Å². The molecule has 1 N–H and O–H groups in total. The number of anilines is 1. The van der Waals surface area contributed by atoms with Crippen molar-refractivity contribution in [2.45, 2.75) is 24.3 Å². The zero-order valence-corrected chi connectivity index (χ0v) is 13.3. The van der Waals surface area contributed by atoms with Crippen LogP contribution in [0, 0.1) is 5.82 Å². The van der Waals surface area contributed by atoms with Crippen molar-refractivity contribution in [1.29, 1.82) is 0 Å². The Balaban J connectivity index is 2.07. The predicted octanol–water partition coefficient (Wildman–Crippen LogP) is 4.34. The molecular weight excluding hydrogens is 301 g/mol. The second-order valence-electron chi connectivity index (χ2n) is 4.66. The summed E-state index contributed by atoms with van der Waals surface area (Å²) in [7, 11) is 0. The van der Waals surface area contributed by atoms with Gasteiger partial charge in [0.2, 0.25) is 0 Å². The quantitative estimate of drug-likeness (QED) is 0.805. The zero-order chi connectivity index (χ0) is 15.9. The largest absolute Gasteiger partial charge is 0.481 e. The summed E-state index contributed by atoms with van der Waals surface area (Å²) in [5, 5.41) is 2.89. The van der Waals surface area contributed by atoms with Crippen LogP contribution in [0.15, 0.2) is 53.4 Å². The summed E-state index contributed by atoms with van der Waals surface area (Å²) in [5.74, 6) is -0.0753. The first-order chi connectivity index (χ1) is 10.6. The average Bonchev–Trinajstić information content (AvgIpc) is 2.54. The van der Waals surface area contributed by atoms with Gasteiger partial charge in [0.25, 0.3) is 5.91 Å². The number of amides is 1. The molecule has 0 aliphatic carbocycles. The third kappa shape index (κ3) is 4.24. The van der Waals surface area contributed by atoms with Crippen molar-refractivity contribution in [3.8, 4) is 5.75 Å². The summed E-state index contributed by atoms with van der Waals surface area (Å²) in [4.78, 5) is 13.4. The summed E-state index contributed by atoms with van der Waals surface area (Å²) in [5.41, 5.74) is 0.765. The van der Waals surface area contributed by atoms with Crippen LogP contribution in [-0.4, -0.2) is 18.3 Å². The van der Waals surface area contributed by atoms with Crippen molar-refractivity contribution in [2.24, 2.45) is 0 Å². The van der Waals surface area contributed by atoms with E-state index in [1.807, 2.05) is 37.4 Å². The number of ether oxygens (including phenoxy) is 1. The minimum Gasteiger partial charge on any atom is -0.481 e. The number of hydrogen-bond donors (Lipinski definition) is 1. The Morgan fingerprint density at radius 1 is 1.23 bits per heavy atom. The van der Waals surface area contributed by atoms with E-state index in [0.29, 0.717) is 12.2 Å². The van der Waals surface area contributed by atoms with Crippen LogP contribution in [0.3, 0.4) is 0 Å². The Bertz CT molecular complexity index is 631. The minimum atomic E-state index is -0.625. The lowest BCUT2D eigenvalue weighted by Gasteiger charge is -2.18. The van der Waals surface area contributed by atoms with E-state index < -0.39 is 6.10 Å². The highest BCUT2D eigenvalue weighted by molar-refractivity contribution is 7.98. The number of carbonyl (C=O) groups is 1. The third-order valence-electron chi connectivity index (χ3n) is 3.12. The van der Waals surface area contributed by atoms with Gasteiger partial charge < -0.3 is 10.1 Å². The van der Waals surface area contributed by atoms with E-state index in [9.17, 15) is 9.18 Å². The number of nitrogens with one attached hydrogen (secondary N) is 1. The topological polar surface area (TPSA) is 38.3 Å². The maximum absolute atomic E-state index is 12.9. The fraction of sp³-hybridized carbons (Fsp3) is 0.235. The first-order valence-electron chi connectivity index (χ1n) is 7.00. The Morgan fingerprint density at radius 2 is 1.91 bits per heavy atom. The van der Waals surface area contributed by atoms with Gasteiger partial charge in [0, 0.05) is 4.90 Å². The molecule has 22 heavy (non-hydrogen) atoms. The molecule has 1 amide bonds. The van der Waals surface area contributed by atoms with Gasteiger partial charge >= 0.3 is 0 Å². The molecule has 0 unspecified atom stereocenters. The molecule has 5 heteroatoms. The smallest absolute Gasteiger partial charge is 0.265 e. The Hall–Kier alpha value is -2.01. The van der Waals surface area contributed by atoms with Crippen molar-refractivity contribution in [1.82, 2.24) is 0 Å². The summed E-state index contributed by atoms with van der Waals surface area (Å²) < 4.78 is 18.5. The molecular formula is C17H18FNO2S. The second kappa shape index (κ2) is 7.84. The molecule has 3 nitrogen and oxygen atoms in total. The predicted molar refractivity (Wildman–Crippen MR) is 88.0 cm³/mol. The van der Waals surface area contributed by atoms with E-state index in [0.717, 1.165) is 10.6 Å². The molecule has 0 saturated carbocycles. The van der Waals surface area contributed by atoms with E-state index in [4.69, 9.17) is 4.74 Å². The molecule has 0 bridgehead atoms. The molecule has 2 rings (SSSR count). The van der Waals surface area contributed by atoms with Gasteiger partial charge in [-0.2, -0.15) is 0 Å². The SMILES string of the molecule is CC[C@@H](Oc1ccc(F)cc1)C(=O)Nc1ccccc1SC. The maximum atomic E-state index is 12.9. The van der Waals surface area contributed by atoms with Crippen LogP contribution in [0.2, 0.25) is 0 Å². The molecule has 0 radical (unpaired) electrons. The summed E-state index contributed by atoms with van der Waals surface area (Å²) in [6.07, 6.45) is 1.85. The molecule has 0 heterocycles. The number of thioether (sulfide) groups is 1. The van der Waals surface area contributed by atoms with Crippen LogP contribution in [0.5, 0.6) is 5.75 Å². The van der Waals surface area contributed by atoms with Gasteiger partial charge in [-0.1, -0.05) is 19.1 Å². The molecule has 0 saturated heterocycles. The van der Waals surface area contributed by atoms with Crippen molar-refractivity contribution >= 4 is 23.4 Å². The molecule has 2 aromatic carbocycles. The minimum absolute atomic E-state index is 0.215. The highest BCUT2D eigenvalue weighted by Crippen LogP contribution is 2.25. The van der Waals surface area contributed by atoms with Crippen molar-refractivity contribution in [2.75, 3.05) is 11.6 Å². The molecule has 0 aromatic heterocycles. The van der Waals surface area contributed by atoms with Gasteiger partial charge in [0.1, 0.15) is 11.6 Å². The first kappa shape index (κ1) is 16.4. The first-order valence-corrected chi connectivity index (χ1v) is 8.22. The van der Waals surface area contributed by atoms with Crippen LogP contribution in [-0.2, 0) is 4.79 Å². The summed E-state index contributed by atoms with van der Waals surface area (Å²) >= 11 is 1.57. The summed E-state index contributed by atoms with van der Waals surface area (Å²) in [6, 6.07) is 13.2.